The molecule has 11 rings (SSSR count). The van der Waals surface area contributed by atoms with E-state index in [4.69, 9.17) is 4.42 Å². The zero-order chi connectivity index (χ0) is 36.7. The molecule has 0 fully saturated rings. The van der Waals surface area contributed by atoms with Gasteiger partial charge in [0, 0.05) is 22.1 Å². The first kappa shape index (κ1) is 31.6. The van der Waals surface area contributed by atoms with Gasteiger partial charge in [-0.05, 0) is 115 Å². The van der Waals surface area contributed by atoms with Crippen molar-refractivity contribution in [1.82, 2.24) is 0 Å². The Kier molecular flexibility index (Phi) is 6.93. The van der Waals surface area contributed by atoms with E-state index in [1.54, 1.807) is 0 Å². The maximum absolute atomic E-state index is 6.43. The highest BCUT2D eigenvalue weighted by molar-refractivity contribution is 6.14. The van der Waals surface area contributed by atoms with E-state index >= 15 is 0 Å². The number of hydrogen-bond donors (Lipinski definition) is 0. The molecule has 1 aliphatic carbocycles. The predicted octanol–water partition coefficient (Wildman–Crippen LogP) is 15.0. The molecular weight excluding hydrogens is 667 g/mol. The Bertz CT molecular complexity index is 3130. The Labute approximate surface area is 320 Å². The molecule has 9 aromatic carbocycles. The van der Waals surface area contributed by atoms with Crippen LogP contribution in [0.4, 0.5) is 17.1 Å². The largest absolute Gasteiger partial charge is 0.456 e. The Balaban J connectivity index is 1.03. The molecule has 10 aromatic rings. The van der Waals surface area contributed by atoms with E-state index in [9.17, 15) is 0 Å². The number of nitrogens with zero attached hydrogens (tertiary/aromatic N) is 1. The van der Waals surface area contributed by atoms with Gasteiger partial charge in [0.1, 0.15) is 11.2 Å². The van der Waals surface area contributed by atoms with Gasteiger partial charge in [-0.2, -0.15) is 0 Å². The van der Waals surface area contributed by atoms with Crippen LogP contribution in [0.25, 0.3) is 76.9 Å². The van der Waals surface area contributed by atoms with E-state index in [2.05, 4.69) is 201 Å². The third-order valence-electron chi connectivity index (χ3n) is 11.8. The van der Waals surface area contributed by atoms with Crippen molar-refractivity contribution in [2.45, 2.75) is 19.3 Å². The van der Waals surface area contributed by atoms with E-state index in [-0.39, 0.29) is 5.41 Å². The molecule has 0 N–H and O–H groups in total. The summed E-state index contributed by atoms with van der Waals surface area (Å²) in [7, 11) is 0. The monoisotopic (exact) mass is 703 g/mol. The summed E-state index contributed by atoms with van der Waals surface area (Å²) in [6, 6.07) is 68.5. The predicted molar refractivity (Wildman–Crippen MR) is 232 cm³/mol. The van der Waals surface area contributed by atoms with Crippen LogP contribution in [0.1, 0.15) is 25.0 Å². The van der Waals surface area contributed by atoms with Crippen molar-refractivity contribution in [3.05, 3.63) is 199 Å². The summed E-state index contributed by atoms with van der Waals surface area (Å²) in [4.78, 5) is 2.44. The van der Waals surface area contributed by atoms with Crippen LogP contribution in [0.2, 0.25) is 0 Å². The first-order valence-electron chi connectivity index (χ1n) is 19.1. The molecule has 0 aliphatic heterocycles. The molecule has 0 spiro atoms. The number of para-hydroxylation sites is 1. The van der Waals surface area contributed by atoms with Gasteiger partial charge in [-0.1, -0.05) is 147 Å². The molecule has 0 radical (unpaired) electrons. The molecule has 0 bridgehead atoms. The molecule has 55 heavy (non-hydrogen) atoms. The van der Waals surface area contributed by atoms with Gasteiger partial charge in [0.25, 0.3) is 0 Å². The third kappa shape index (κ3) is 4.95. The number of benzene rings is 9. The van der Waals surface area contributed by atoms with Crippen molar-refractivity contribution in [2.75, 3.05) is 4.90 Å². The molecule has 0 atom stereocenters. The van der Waals surface area contributed by atoms with Crippen molar-refractivity contribution in [2.24, 2.45) is 0 Å². The summed E-state index contributed by atoms with van der Waals surface area (Å²) in [6.07, 6.45) is 0. The minimum Gasteiger partial charge on any atom is -0.456 e. The molecule has 2 nitrogen and oxygen atoms in total. The first-order valence-corrected chi connectivity index (χ1v) is 19.1. The van der Waals surface area contributed by atoms with Crippen molar-refractivity contribution in [3.8, 4) is 33.4 Å². The highest BCUT2D eigenvalue weighted by Crippen LogP contribution is 2.55. The van der Waals surface area contributed by atoms with Gasteiger partial charge in [0.2, 0.25) is 0 Å². The Morgan fingerprint density at radius 3 is 1.75 bits per heavy atom. The number of anilines is 3. The van der Waals surface area contributed by atoms with E-state index in [1.807, 2.05) is 6.07 Å². The lowest BCUT2D eigenvalue weighted by molar-refractivity contribution is 0.660. The van der Waals surface area contributed by atoms with Crippen molar-refractivity contribution in [3.63, 3.8) is 0 Å². The van der Waals surface area contributed by atoms with Crippen LogP contribution < -0.4 is 4.90 Å². The molecule has 1 heterocycles. The van der Waals surface area contributed by atoms with Gasteiger partial charge in [-0.25, -0.2) is 0 Å². The first-order chi connectivity index (χ1) is 27.0. The van der Waals surface area contributed by atoms with Crippen molar-refractivity contribution < 1.29 is 4.42 Å². The lowest BCUT2D eigenvalue weighted by atomic mass is 9.82. The second kappa shape index (κ2) is 12.1. The summed E-state index contributed by atoms with van der Waals surface area (Å²) < 4.78 is 6.43. The van der Waals surface area contributed by atoms with Gasteiger partial charge in [0.15, 0.2) is 0 Å². The second-order valence-corrected chi connectivity index (χ2v) is 15.3. The van der Waals surface area contributed by atoms with E-state index in [0.717, 1.165) is 39.0 Å². The molecule has 260 valence electrons. The SMILES string of the molecule is CC1(C)c2ccccc2-c2c(N(c3ccc(-c4ccc5cc(-c6ccc7ccccc7c6)ccc5c4)cc3)c3cccc4oc5ccccc5c34)cccc21. The summed E-state index contributed by atoms with van der Waals surface area (Å²) in [5, 5.41) is 7.22. The van der Waals surface area contributed by atoms with Crippen LogP contribution in [0.5, 0.6) is 0 Å². The Morgan fingerprint density at radius 1 is 0.418 bits per heavy atom. The second-order valence-electron chi connectivity index (χ2n) is 15.3. The molecular formula is C53H37NO. The molecule has 1 aromatic heterocycles. The highest BCUT2D eigenvalue weighted by Gasteiger charge is 2.38. The molecule has 0 unspecified atom stereocenters. The summed E-state index contributed by atoms with van der Waals surface area (Å²) in [6.45, 7) is 4.69. The van der Waals surface area contributed by atoms with E-state index in [0.29, 0.717) is 0 Å². The van der Waals surface area contributed by atoms with Gasteiger partial charge < -0.3 is 9.32 Å². The normalized spacial score (nSPS) is 13.1. The van der Waals surface area contributed by atoms with Crippen molar-refractivity contribution >= 4 is 60.5 Å². The minimum absolute atomic E-state index is 0.113. The molecule has 1 aliphatic rings. The number of rotatable bonds is 5. The zero-order valence-electron chi connectivity index (χ0n) is 30.8. The fraction of sp³-hybridized carbons (Fsp3) is 0.0566. The maximum Gasteiger partial charge on any atom is 0.137 e. The van der Waals surface area contributed by atoms with Crippen LogP contribution in [-0.2, 0) is 5.41 Å². The minimum atomic E-state index is -0.113. The van der Waals surface area contributed by atoms with Crippen LogP contribution >= 0.6 is 0 Å². The fourth-order valence-corrected chi connectivity index (χ4v) is 9.05. The smallest absolute Gasteiger partial charge is 0.137 e. The average Bonchev–Trinajstić information content (AvgIpc) is 3.73. The lowest BCUT2D eigenvalue weighted by Crippen LogP contribution is -2.16. The highest BCUT2D eigenvalue weighted by atomic mass is 16.3. The lowest BCUT2D eigenvalue weighted by Gasteiger charge is -2.29. The van der Waals surface area contributed by atoms with Gasteiger partial charge in [-0.3, -0.25) is 0 Å². The van der Waals surface area contributed by atoms with Crippen LogP contribution in [0.3, 0.4) is 0 Å². The summed E-state index contributed by atoms with van der Waals surface area (Å²) >= 11 is 0. The Morgan fingerprint density at radius 2 is 0.964 bits per heavy atom. The van der Waals surface area contributed by atoms with E-state index in [1.165, 1.54) is 66.1 Å². The topological polar surface area (TPSA) is 16.4 Å². The van der Waals surface area contributed by atoms with E-state index < -0.39 is 0 Å². The standard InChI is InChI=1S/C53H37NO/c1-53(2)45-15-7-5-13-43(45)51-46(53)16-9-17-47(51)54(48-18-10-20-50-52(48)44-14-6-8-19-49(44)55-50)42-29-27-35(28-30-42)37-23-24-40-33-41(26-25-39(40)32-37)38-22-21-34-11-3-4-12-36(34)31-38/h3-33H,1-2H3. The van der Waals surface area contributed by atoms with Gasteiger partial charge in [-0.15, -0.1) is 0 Å². The average molecular weight is 704 g/mol. The van der Waals surface area contributed by atoms with Crippen LogP contribution in [-0.4, -0.2) is 0 Å². The molecule has 2 heteroatoms. The quantitative estimate of drug-likeness (QED) is 0.177. The maximum atomic E-state index is 6.43. The number of furan rings is 1. The summed E-state index contributed by atoms with van der Waals surface area (Å²) in [5.74, 6) is 0. The molecule has 0 saturated heterocycles. The van der Waals surface area contributed by atoms with Crippen LogP contribution in [0, 0.1) is 0 Å². The molecule has 0 amide bonds. The Hall–Kier alpha value is -6.90. The summed E-state index contributed by atoms with van der Waals surface area (Å²) in [5.41, 5.74) is 15.2. The number of hydrogen-bond acceptors (Lipinski definition) is 2. The molecule has 0 saturated carbocycles. The van der Waals surface area contributed by atoms with Crippen molar-refractivity contribution in [1.29, 1.82) is 0 Å². The third-order valence-corrected chi connectivity index (χ3v) is 11.8. The van der Waals surface area contributed by atoms with Crippen LogP contribution in [0.15, 0.2) is 192 Å². The fourth-order valence-electron chi connectivity index (χ4n) is 9.05. The zero-order valence-corrected chi connectivity index (χ0v) is 30.8. The van der Waals surface area contributed by atoms with Gasteiger partial charge >= 0.3 is 0 Å². The van der Waals surface area contributed by atoms with Gasteiger partial charge in [0.05, 0.1) is 16.8 Å². The number of fused-ring (bicyclic) bond motifs is 8.